The van der Waals surface area contributed by atoms with E-state index in [1.165, 1.54) is 6.42 Å². The summed E-state index contributed by atoms with van der Waals surface area (Å²) in [5.41, 5.74) is 2.72. The Kier molecular flexibility index (Phi) is 3.70. The van der Waals surface area contributed by atoms with Crippen LogP contribution in [0.15, 0.2) is 30.6 Å². The Morgan fingerprint density at radius 2 is 1.80 bits per heavy atom. The highest BCUT2D eigenvalue weighted by molar-refractivity contribution is 5.74. The molecule has 0 radical (unpaired) electrons. The summed E-state index contributed by atoms with van der Waals surface area (Å²) in [4.78, 5) is 8.59. The van der Waals surface area contributed by atoms with Crippen LogP contribution >= 0.6 is 0 Å². The van der Waals surface area contributed by atoms with Gasteiger partial charge in [-0.15, -0.1) is 0 Å². The van der Waals surface area contributed by atoms with Crippen LogP contribution in [0.4, 0.5) is 0 Å². The molecule has 20 heavy (non-hydrogen) atoms. The zero-order chi connectivity index (χ0) is 14.1. The molecule has 3 heteroatoms. The first-order valence-corrected chi connectivity index (χ1v) is 7.54. The zero-order valence-corrected chi connectivity index (χ0v) is 12.2. The van der Waals surface area contributed by atoms with Crippen LogP contribution < -0.4 is 0 Å². The standard InChI is InChI=1S/C17H22N2O/c1-11-3-4-13(9-12(11)2)17(20)14-5-6-15-16(10-14)19-8-7-18-15/h5-8,10-13,17,20H,3-4,9H2,1-2H3. The molecule has 1 fully saturated rings. The van der Waals surface area contributed by atoms with E-state index in [0.29, 0.717) is 11.8 Å². The van der Waals surface area contributed by atoms with Gasteiger partial charge in [0.25, 0.3) is 0 Å². The van der Waals surface area contributed by atoms with Crippen molar-refractivity contribution < 1.29 is 5.11 Å². The highest BCUT2D eigenvalue weighted by Crippen LogP contribution is 2.40. The van der Waals surface area contributed by atoms with Crippen molar-refractivity contribution in [2.75, 3.05) is 0 Å². The van der Waals surface area contributed by atoms with E-state index in [1.807, 2.05) is 18.2 Å². The number of rotatable bonds is 2. The van der Waals surface area contributed by atoms with Crippen molar-refractivity contribution >= 4 is 11.0 Å². The van der Waals surface area contributed by atoms with Gasteiger partial charge in [0, 0.05) is 12.4 Å². The molecule has 2 aromatic rings. The van der Waals surface area contributed by atoms with E-state index in [9.17, 15) is 5.11 Å². The van der Waals surface area contributed by atoms with Gasteiger partial charge in [-0.2, -0.15) is 0 Å². The van der Waals surface area contributed by atoms with Gasteiger partial charge in [-0.1, -0.05) is 26.3 Å². The zero-order valence-electron chi connectivity index (χ0n) is 12.2. The van der Waals surface area contributed by atoms with Gasteiger partial charge in [-0.3, -0.25) is 9.97 Å². The second-order valence-corrected chi connectivity index (χ2v) is 6.28. The third-order valence-corrected chi connectivity index (χ3v) is 4.92. The lowest BCUT2D eigenvalue weighted by atomic mass is 9.73. The Hall–Kier alpha value is -1.48. The van der Waals surface area contributed by atoms with Gasteiger partial charge in [0.15, 0.2) is 0 Å². The molecule has 1 N–H and O–H groups in total. The van der Waals surface area contributed by atoms with Gasteiger partial charge in [-0.05, 0) is 48.3 Å². The lowest BCUT2D eigenvalue weighted by Gasteiger charge is -2.34. The van der Waals surface area contributed by atoms with E-state index in [-0.39, 0.29) is 6.10 Å². The molecule has 1 aromatic carbocycles. The molecule has 1 heterocycles. The highest BCUT2D eigenvalue weighted by Gasteiger charge is 2.30. The number of benzene rings is 1. The molecule has 1 aromatic heterocycles. The van der Waals surface area contributed by atoms with Gasteiger partial charge in [-0.25, -0.2) is 0 Å². The van der Waals surface area contributed by atoms with Crippen LogP contribution in [0.5, 0.6) is 0 Å². The maximum atomic E-state index is 10.7. The van der Waals surface area contributed by atoms with E-state index < -0.39 is 0 Å². The van der Waals surface area contributed by atoms with Crippen LogP contribution in [0.25, 0.3) is 11.0 Å². The number of aromatic nitrogens is 2. The van der Waals surface area contributed by atoms with Gasteiger partial charge >= 0.3 is 0 Å². The normalized spacial score (nSPS) is 28.4. The van der Waals surface area contributed by atoms with Crippen LogP contribution in [-0.4, -0.2) is 15.1 Å². The second-order valence-electron chi connectivity index (χ2n) is 6.28. The second kappa shape index (κ2) is 5.49. The molecule has 1 saturated carbocycles. The lowest BCUT2D eigenvalue weighted by molar-refractivity contribution is 0.0562. The molecule has 0 amide bonds. The van der Waals surface area contributed by atoms with Crippen molar-refractivity contribution in [3.8, 4) is 0 Å². The maximum absolute atomic E-state index is 10.7. The predicted molar refractivity (Wildman–Crippen MR) is 80.2 cm³/mol. The van der Waals surface area contributed by atoms with E-state index in [2.05, 4.69) is 23.8 Å². The molecular formula is C17H22N2O. The molecule has 0 saturated heterocycles. The van der Waals surface area contributed by atoms with Crippen molar-refractivity contribution in [3.63, 3.8) is 0 Å². The number of hydrogen-bond acceptors (Lipinski definition) is 3. The van der Waals surface area contributed by atoms with Crippen molar-refractivity contribution in [1.29, 1.82) is 0 Å². The van der Waals surface area contributed by atoms with Gasteiger partial charge in [0.05, 0.1) is 17.1 Å². The Labute approximate surface area is 120 Å². The first kappa shape index (κ1) is 13.5. The topological polar surface area (TPSA) is 46.0 Å². The molecular weight excluding hydrogens is 248 g/mol. The molecule has 4 unspecified atom stereocenters. The first-order chi connectivity index (χ1) is 9.65. The molecule has 4 atom stereocenters. The number of nitrogens with zero attached hydrogens (tertiary/aromatic N) is 2. The van der Waals surface area contributed by atoms with Crippen molar-refractivity contribution in [3.05, 3.63) is 36.2 Å². The molecule has 0 spiro atoms. The Bertz CT molecular complexity index is 598. The number of hydrogen-bond donors (Lipinski definition) is 1. The lowest BCUT2D eigenvalue weighted by Crippen LogP contribution is -2.25. The van der Waals surface area contributed by atoms with Crippen LogP contribution in [-0.2, 0) is 0 Å². The Morgan fingerprint density at radius 3 is 2.55 bits per heavy atom. The fourth-order valence-electron chi connectivity index (χ4n) is 3.31. The largest absolute Gasteiger partial charge is 0.388 e. The summed E-state index contributed by atoms with van der Waals surface area (Å²) < 4.78 is 0. The molecule has 3 nitrogen and oxygen atoms in total. The summed E-state index contributed by atoms with van der Waals surface area (Å²) in [5.74, 6) is 1.85. The van der Waals surface area contributed by atoms with Crippen molar-refractivity contribution in [2.24, 2.45) is 17.8 Å². The summed E-state index contributed by atoms with van der Waals surface area (Å²) >= 11 is 0. The molecule has 0 bridgehead atoms. The third-order valence-electron chi connectivity index (χ3n) is 4.92. The average molecular weight is 270 g/mol. The fraction of sp³-hybridized carbons (Fsp3) is 0.529. The van der Waals surface area contributed by atoms with Gasteiger partial charge < -0.3 is 5.11 Å². The van der Waals surface area contributed by atoms with Crippen LogP contribution in [0.1, 0.15) is 44.8 Å². The van der Waals surface area contributed by atoms with Crippen LogP contribution in [0.2, 0.25) is 0 Å². The molecule has 0 aliphatic heterocycles. The smallest absolute Gasteiger partial charge is 0.0890 e. The number of aliphatic hydroxyl groups excluding tert-OH is 1. The maximum Gasteiger partial charge on any atom is 0.0890 e. The summed E-state index contributed by atoms with van der Waals surface area (Å²) in [5, 5.41) is 10.7. The quantitative estimate of drug-likeness (QED) is 0.904. The van der Waals surface area contributed by atoms with E-state index in [4.69, 9.17) is 0 Å². The fourth-order valence-corrected chi connectivity index (χ4v) is 3.31. The van der Waals surface area contributed by atoms with Crippen molar-refractivity contribution in [1.82, 2.24) is 9.97 Å². The van der Waals surface area contributed by atoms with E-state index in [1.54, 1.807) is 12.4 Å². The van der Waals surface area contributed by atoms with Crippen molar-refractivity contribution in [2.45, 2.75) is 39.2 Å². The average Bonchev–Trinajstić information content (AvgIpc) is 2.49. The van der Waals surface area contributed by atoms with Crippen LogP contribution in [0.3, 0.4) is 0 Å². The molecule has 1 aliphatic carbocycles. The van der Waals surface area contributed by atoms with Gasteiger partial charge in [0.1, 0.15) is 0 Å². The first-order valence-electron chi connectivity index (χ1n) is 7.54. The molecule has 3 rings (SSSR count). The van der Waals surface area contributed by atoms with Gasteiger partial charge in [0.2, 0.25) is 0 Å². The third kappa shape index (κ3) is 2.55. The summed E-state index contributed by atoms with van der Waals surface area (Å²) in [6.45, 7) is 4.62. The monoisotopic (exact) mass is 270 g/mol. The summed E-state index contributed by atoms with van der Waals surface area (Å²) in [6.07, 6.45) is 6.46. The molecule has 1 aliphatic rings. The molecule has 106 valence electrons. The Morgan fingerprint density at radius 1 is 1.05 bits per heavy atom. The van der Waals surface area contributed by atoms with E-state index >= 15 is 0 Å². The summed E-state index contributed by atoms with van der Waals surface area (Å²) in [6, 6.07) is 5.93. The number of fused-ring (bicyclic) bond motifs is 1. The minimum absolute atomic E-state index is 0.371. The van der Waals surface area contributed by atoms with Crippen LogP contribution in [0, 0.1) is 17.8 Å². The SMILES string of the molecule is CC1CCC(C(O)c2ccc3nccnc3c2)CC1C. The summed E-state index contributed by atoms with van der Waals surface area (Å²) in [7, 11) is 0. The predicted octanol–water partition coefficient (Wildman–Crippen LogP) is 3.74. The highest BCUT2D eigenvalue weighted by atomic mass is 16.3. The van der Waals surface area contributed by atoms with E-state index in [0.717, 1.165) is 35.4 Å². The minimum atomic E-state index is -0.378. The number of aliphatic hydroxyl groups is 1. The Balaban J connectivity index is 1.83. The minimum Gasteiger partial charge on any atom is -0.388 e.